The van der Waals surface area contributed by atoms with E-state index in [0.29, 0.717) is 23.5 Å². The minimum absolute atomic E-state index is 0.238. The average Bonchev–Trinajstić information content (AvgIpc) is 3.16. The van der Waals surface area contributed by atoms with E-state index in [1.165, 1.54) is 0 Å². The summed E-state index contributed by atoms with van der Waals surface area (Å²) < 4.78 is 1.79. The number of rotatable bonds is 5. The number of hydrogen-bond acceptors (Lipinski definition) is 3. The van der Waals surface area contributed by atoms with E-state index in [2.05, 4.69) is 20.9 Å². The molecule has 0 unspecified atom stereocenters. The van der Waals surface area contributed by atoms with Crippen molar-refractivity contribution in [2.75, 3.05) is 17.2 Å². The topological polar surface area (TPSA) is 88.0 Å². The number of amides is 3. The molecule has 0 aliphatic carbocycles. The van der Waals surface area contributed by atoms with Crippen LogP contribution in [0.5, 0.6) is 0 Å². The van der Waals surface area contributed by atoms with E-state index in [4.69, 9.17) is 0 Å². The van der Waals surface area contributed by atoms with Crippen molar-refractivity contribution < 1.29 is 9.59 Å². The molecule has 0 fully saturated rings. The highest BCUT2D eigenvalue weighted by molar-refractivity contribution is 6.07. The molecule has 2 aromatic carbocycles. The molecule has 1 heterocycles. The smallest absolute Gasteiger partial charge is 0.319 e. The zero-order valence-corrected chi connectivity index (χ0v) is 15.2. The van der Waals surface area contributed by atoms with E-state index in [9.17, 15) is 9.59 Å². The Balaban J connectivity index is 1.82. The van der Waals surface area contributed by atoms with Gasteiger partial charge in [-0.05, 0) is 44.2 Å². The van der Waals surface area contributed by atoms with Gasteiger partial charge in [0, 0.05) is 30.3 Å². The van der Waals surface area contributed by atoms with Gasteiger partial charge in [-0.2, -0.15) is 0 Å². The second-order valence-corrected chi connectivity index (χ2v) is 6.01. The Bertz CT molecular complexity index is 951. The summed E-state index contributed by atoms with van der Waals surface area (Å²) >= 11 is 0. The SMILES string of the molecule is CCNC(=O)Nc1cccc(NC(=O)c2cc(C)ccc2-n2ccnc2)c1. The van der Waals surface area contributed by atoms with Crippen LogP contribution in [0.2, 0.25) is 0 Å². The number of nitrogens with one attached hydrogen (secondary N) is 3. The van der Waals surface area contributed by atoms with Gasteiger partial charge in [-0.3, -0.25) is 4.79 Å². The zero-order valence-electron chi connectivity index (χ0n) is 15.2. The molecule has 3 rings (SSSR count). The fourth-order valence-electron chi connectivity index (χ4n) is 2.67. The Morgan fingerprint density at radius 3 is 2.56 bits per heavy atom. The summed E-state index contributed by atoms with van der Waals surface area (Å²) in [6.45, 7) is 4.31. The number of urea groups is 1. The summed E-state index contributed by atoms with van der Waals surface area (Å²) in [6.07, 6.45) is 5.11. The molecule has 1 aromatic heterocycles. The highest BCUT2D eigenvalue weighted by atomic mass is 16.2. The molecule has 0 saturated heterocycles. The predicted molar refractivity (Wildman–Crippen MR) is 105 cm³/mol. The van der Waals surface area contributed by atoms with E-state index >= 15 is 0 Å². The summed E-state index contributed by atoms with van der Waals surface area (Å²) in [7, 11) is 0. The third-order valence-electron chi connectivity index (χ3n) is 3.89. The van der Waals surface area contributed by atoms with Crippen molar-refractivity contribution >= 4 is 23.3 Å². The minimum atomic E-state index is -0.290. The molecule has 0 aliphatic heterocycles. The Morgan fingerprint density at radius 1 is 1.07 bits per heavy atom. The molecule has 3 aromatic rings. The second-order valence-electron chi connectivity index (χ2n) is 6.01. The lowest BCUT2D eigenvalue weighted by Crippen LogP contribution is -2.28. The average molecular weight is 363 g/mol. The van der Waals surface area contributed by atoms with Crippen molar-refractivity contribution in [1.82, 2.24) is 14.9 Å². The number of aryl methyl sites for hydroxylation is 1. The second kappa shape index (κ2) is 8.18. The fourth-order valence-corrected chi connectivity index (χ4v) is 2.67. The normalized spacial score (nSPS) is 10.3. The summed E-state index contributed by atoms with van der Waals surface area (Å²) in [5.41, 5.74) is 3.45. The molecule has 7 nitrogen and oxygen atoms in total. The first-order valence-electron chi connectivity index (χ1n) is 8.62. The van der Waals surface area contributed by atoms with Gasteiger partial charge < -0.3 is 20.5 Å². The van der Waals surface area contributed by atoms with Gasteiger partial charge in [-0.15, -0.1) is 0 Å². The molecule has 0 radical (unpaired) electrons. The molecule has 27 heavy (non-hydrogen) atoms. The Labute approximate surface area is 157 Å². The van der Waals surface area contributed by atoms with Gasteiger partial charge in [0.05, 0.1) is 17.6 Å². The number of imidazole rings is 1. The van der Waals surface area contributed by atoms with Crippen LogP contribution >= 0.6 is 0 Å². The summed E-state index contributed by atoms with van der Waals surface area (Å²) in [6, 6.07) is 12.4. The number of aromatic nitrogens is 2. The highest BCUT2D eigenvalue weighted by Crippen LogP contribution is 2.20. The van der Waals surface area contributed by atoms with Gasteiger partial charge >= 0.3 is 6.03 Å². The molecule has 0 saturated carbocycles. The van der Waals surface area contributed by atoms with Crippen LogP contribution in [-0.2, 0) is 0 Å². The number of carbonyl (C=O) groups excluding carboxylic acids is 2. The van der Waals surface area contributed by atoms with Crippen molar-refractivity contribution in [3.8, 4) is 5.69 Å². The van der Waals surface area contributed by atoms with Crippen molar-refractivity contribution in [2.24, 2.45) is 0 Å². The Morgan fingerprint density at radius 2 is 1.85 bits per heavy atom. The van der Waals surface area contributed by atoms with Crippen LogP contribution < -0.4 is 16.0 Å². The van der Waals surface area contributed by atoms with Crippen molar-refractivity contribution in [3.05, 3.63) is 72.3 Å². The lowest BCUT2D eigenvalue weighted by Gasteiger charge is -2.13. The number of nitrogens with zero attached hydrogens (tertiary/aromatic N) is 2. The van der Waals surface area contributed by atoms with Crippen LogP contribution in [0, 0.1) is 6.92 Å². The van der Waals surface area contributed by atoms with Crippen LogP contribution in [0.25, 0.3) is 5.69 Å². The van der Waals surface area contributed by atoms with Crippen molar-refractivity contribution in [2.45, 2.75) is 13.8 Å². The molecule has 0 bridgehead atoms. The van der Waals surface area contributed by atoms with Gasteiger partial charge in [0.2, 0.25) is 0 Å². The van der Waals surface area contributed by atoms with Gasteiger partial charge in [-0.25, -0.2) is 9.78 Å². The first-order valence-corrected chi connectivity index (χ1v) is 8.62. The predicted octanol–water partition coefficient (Wildman–Crippen LogP) is 3.57. The van der Waals surface area contributed by atoms with E-state index in [-0.39, 0.29) is 11.9 Å². The molecule has 3 amide bonds. The van der Waals surface area contributed by atoms with E-state index in [1.807, 2.05) is 32.0 Å². The van der Waals surface area contributed by atoms with Gasteiger partial charge in [0.25, 0.3) is 5.91 Å². The van der Waals surface area contributed by atoms with E-state index in [0.717, 1.165) is 11.3 Å². The zero-order chi connectivity index (χ0) is 19.2. The first-order chi connectivity index (χ1) is 13.1. The lowest BCUT2D eigenvalue weighted by atomic mass is 10.1. The number of hydrogen-bond donors (Lipinski definition) is 3. The van der Waals surface area contributed by atoms with Crippen LogP contribution in [0.1, 0.15) is 22.8 Å². The maximum Gasteiger partial charge on any atom is 0.319 e. The van der Waals surface area contributed by atoms with Crippen LogP contribution in [0.15, 0.2) is 61.2 Å². The molecule has 0 aliphatic rings. The quantitative estimate of drug-likeness (QED) is 0.647. The van der Waals surface area contributed by atoms with E-state index in [1.54, 1.807) is 47.6 Å². The van der Waals surface area contributed by atoms with Crippen LogP contribution in [-0.4, -0.2) is 28.0 Å². The first kappa shape index (κ1) is 18.2. The summed E-state index contributed by atoms with van der Waals surface area (Å²) in [4.78, 5) is 28.6. The molecule has 7 heteroatoms. The maximum absolute atomic E-state index is 12.9. The molecular weight excluding hydrogens is 342 g/mol. The lowest BCUT2D eigenvalue weighted by molar-refractivity contribution is 0.102. The molecule has 0 spiro atoms. The van der Waals surface area contributed by atoms with Crippen LogP contribution in [0.4, 0.5) is 16.2 Å². The van der Waals surface area contributed by atoms with Gasteiger partial charge in [-0.1, -0.05) is 17.7 Å². The summed E-state index contributed by atoms with van der Waals surface area (Å²) in [5, 5.41) is 8.28. The van der Waals surface area contributed by atoms with Gasteiger partial charge in [0.15, 0.2) is 0 Å². The molecule has 3 N–H and O–H groups in total. The van der Waals surface area contributed by atoms with E-state index < -0.39 is 0 Å². The Kier molecular flexibility index (Phi) is 5.51. The number of benzene rings is 2. The standard InChI is InChI=1S/C20H21N5O2/c1-3-22-20(27)24-16-6-4-5-15(12-16)23-19(26)17-11-14(2)7-8-18(17)25-10-9-21-13-25/h4-13H,3H2,1-2H3,(H,23,26)(H2,22,24,27). The molecule has 0 atom stereocenters. The Hall–Kier alpha value is -3.61. The maximum atomic E-state index is 12.9. The minimum Gasteiger partial charge on any atom is -0.338 e. The van der Waals surface area contributed by atoms with Crippen LogP contribution in [0.3, 0.4) is 0 Å². The molecule has 138 valence electrons. The summed E-state index contributed by atoms with van der Waals surface area (Å²) in [5.74, 6) is -0.238. The number of carbonyl (C=O) groups is 2. The number of anilines is 2. The third kappa shape index (κ3) is 4.52. The van der Waals surface area contributed by atoms with Crippen molar-refractivity contribution in [3.63, 3.8) is 0 Å². The third-order valence-corrected chi connectivity index (χ3v) is 3.89. The highest BCUT2D eigenvalue weighted by Gasteiger charge is 2.14. The largest absolute Gasteiger partial charge is 0.338 e. The van der Waals surface area contributed by atoms with Gasteiger partial charge in [0.1, 0.15) is 0 Å². The fraction of sp³-hybridized carbons (Fsp3) is 0.150. The monoisotopic (exact) mass is 363 g/mol. The van der Waals surface area contributed by atoms with Crippen molar-refractivity contribution in [1.29, 1.82) is 0 Å². The molecular formula is C20H21N5O2.